The van der Waals surface area contributed by atoms with Gasteiger partial charge in [-0.3, -0.25) is 4.98 Å². The fourth-order valence-electron chi connectivity index (χ4n) is 0.880. The molecule has 0 unspecified atom stereocenters. The topological polar surface area (TPSA) is 12.9 Å². The second-order valence-corrected chi connectivity index (χ2v) is 2.33. The summed E-state index contributed by atoms with van der Waals surface area (Å²) in [5.74, 6) is 0. The summed E-state index contributed by atoms with van der Waals surface area (Å²) >= 11 is 0. The van der Waals surface area contributed by atoms with E-state index in [1.807, 2.05) is 18.2 Å². The van der Waals surface area contributed by atoms with Crippen LogP contribution in [0.1, 0.15) is 12.0 Å². The molecule has 0 amide bonds. The summed E-state index contributed by atoms with van der Waals surface area (Å²) < 4.78 is 0. The minimum Gasteiger partial charge on any atom is -0.265 e. The van der Waals surface area contributed by atoms with Crippen LogP contribution in [0.4, 0.5) is 0 Å². The van der Waals surface area contributed by atoms with E-state index in [0.29, 0.717) is 0 Å². The van der Waals surface area contributed by atoms with E-state index in [1.165, 1.54) is 0 Å². The third-order valence-corrected chi connectivity index (χ3v) is 1.48. The van der Waals surface area contributed by atoms with Crippen molar-refractivity contribution in [1.29, 1.82) is 0 Å². The van der Waals surface area contributed by atoms with E-state index in [1.54, 1.807) is 12.4 Å². The van der Waals surface area contributed by atoms with Crippen LogP contribution in [0.15, 0.2) is 43.8 Å². The summed E-state index contributed by atoms with van der Waals surface area (Å²) in [5.41, 5.74) is 2.22. The molecule has 0 bridgehead atoms. The standard InChI is InChI=1S/C10H11N/c1-3-4-9(2)10-5-7-11-8-6-10/h3,5-8H,1-2,4H2. The Bertz CT molecular complexity index is 249. The summed E-state index contributed by atoms with van der Waals surface area (Å²) in [6.45, 7) is 7.57. The molecule has 0 radical (unpaired) electrons. The third-order valence-electron chi connectivity index (χ3n) is 1.48. The first-order valence-electron chi connectivity index (χ1n) is 3.53. The summed E-state index contributed by atoms with van der Waals surface area (Å²) in [4.78, 5) is 3.92. The lowest BCUT2D eigenvalue weighted by atomic mass is 10.1. The zero-order valence-electron chi connectivity index (χ0n) is 6.46. The Hall–Kier alpha value is -1.37. The largest absolute Gasteiger partial charge is 0.265 e. The second-order valence-electron chi connectivity index (χ2n) is 2.33. The molecule has 0 atom stereocenters. The summed E-state index contributed by atoms with van der Waals surface area (Å²) in [5, 5.41) is 0. The zero-order valence-corrected chi connectivity index (χ0v) is 6.46. The Morgan fingerprint density at radius 1 is 1.45 bits per heavy atom. The molecule has 0 spiro atoms. The molecule has 0 N–H and O–H groups in total. The van der Waals surface area contributed by atoms with Gasteiger partial charge >= 0.3 is 0 Å². The van der Waals surface area contributed by atoms with E-state index in [2.05, 4.69) is 18.1 Å². The van der Waals surface area contributed by atoms with Crippen LogP contribution < -0.4 is 0 Å². The van der Waals surface area contributed by atoms with Crippen molar-refractivity contribution < 1.29 is 0 Å². The van der Waals surface area contributed by atoms with Crippen LogP contribution in [0.5, 0.6) is 0 Å². The first-order valence-corrected chi connectivity index (χ1v) is 3.53. The van der Waals surface area contributed by atoms with Crippen molar-refractivity contribution in [1.82, 2.24) is 4.98 Å². The molecular formula is C10H11N. The quantitative estimate of drug-likeness (QED) is 0.596. The molecule has 1 heterocycles. The van der Waals surface area contributed by atoms with E-state index < -0.39 is 0 Å². The molecule has 0 aromatic carbocycles. The third kappa shape index (κ3) is 2.04. The highest BCUT2D eigenvalue weighted by Gasteiger charge is 1.93. The number of rotatable bonds is 3. The van der Waals surface area contributed by atoms with Crippen molar-refractivity contribution in [3.05, 3.63) is 49.3 Å². The van der Waals surface area contributed by atoms with Gasteiger partial charge in [-0.2, -0.15) is 0 Å². The number of aromatic nitrogens is 1. The highest BCUT2D eigenvalue weighted by Crippen LogP contribution is 2.14. The normalized spacial score (nSPS) is 9.09. The van der Waals surface area contributed by atoms with Crippen LogP contribution in [-0.2, 0) is 0 Å². The van der Waals surface area contributed by atoms with Crippen LogP contribution in [0.25, 0.3) is 5.57 Å². The Morgan fingerprint density at radius 3 is 2.64 bits per heavy atom. The Kier molecular flexibility index (Phi) is 2.61. The predicted octanol–water partition coefficient (Wildman–Crippen LogP) is 2.67. The molecule has 0 saturated carbocycles. The van der Waals surface area contributed by atoms with Crippen LogP contribution in [0.3, 0.4) is 0 Å². The zero-order chi connectivity index (χ0) is 8.10. The number of pyridine rings is 1. The average molecular weight is 145 g/mol. The molecule has 11 heavy (non-hydrogen) atoms. The SMILES string of the molecule is C=CCC(=C)c1ccncc1. The second kappa shape index (κ2) is 3.71. The first kappa shape index (κ1) is 7.73. The molecule has 0 fully saturated rings. The Balaban J connectivity index is 2.77. The van der Waals surface area contributed by atoms with Crippen LogP contribution in [0, 0.1) is 0 Å². The monoisotopic (exact) mass is 145 g/mol. The summed E-state index contributed by atoms with van der Waals surface area (Å²) in [6.07, 6.45) is 6.22. The van der Waals surface area contributed by atoms with Gasteiger partial charge in [0.2, 0.25) is 0 Å². The Morgan fingerprint density at radius 2 is 2.09 bits per heavy atom. The van der Waals surface area contributed by atoms with Crippen molar-refractivity contribution in [2.75, 3.05) is 0 Å². The lowest BCUT2D eigenvalue weighted by Gasteiger charge is -1.99. The minimum atomic E-state index is 0.837. The van der Waals surface area contributed by atoms with Crippen LogP contribution in [-0.4, -0.2) is 4.98 Å². The van der Waals surface area contributed by atoms with E-state index in [4.69, 9.17) is 0 Å². The lowest BCUT2D eigenvalue weighted by molar-refractivity contribution is 1.30. The number of hydrogen-bond acceptors (Lipinski definition) is 1. The molecule has 1 aromatic rings. The fourth-order valence-corrected chi connectivity index (χ4v) is 0.880. The van der Waals surface area contributed by atoms with Crippen molar-refractivity contribution in [2.24, 2.45) is 0 Å². The highest BCUT2D eigenvalue weighted by molar-refractivity contribution is 5.63. The van der Waals surface area contributed by atoms with Gasteiger partial charge in [0.25, 0.3) is 0 Å². The highest BCUT2D eigenvalue weighted by atomic mass is 14.6. The maximum Gasteiger partial charge on any atom is 0.0273 e. The molecule has 1 heteroatoms. The average Bonchev–Trinajstić information content (AvgIpc) is 2.07. The smallest absolute Gasteiger partial charge is 0.0273 e. The molecule has 1 rings (SSSR count). The fraction of sp³-hybridized carbons (Fsp3) is 0.100. The van der Waals surface area contributed by atoms with Crippen molar-refractivity contribution in [3.8, 4) is 0 Å². The van der Waals surface area contributed by atoms with Crippen LogP contribution >= 0.6 is 0 Å². The number of hydrogen-bond donors (Lipinski definition) is 0. The van der Waals surface area contributed by atoms with Gasteiger partial charge in [-0.25, -0.2) is 0 Å². The number of allylic oxidation sites excluding steroid dienone is 2. The molecule has 0 aliphatic rings. The number of nitrogens with zero attached hydrogens (tertiary/aromatic N) is 1. The minimum absolute atomic E-state index is 0.837. The van der Waals surface area contributed by atoms with E-state index in [9.17, 15) is 0 Å². The maximum atomic E-state index is 3.92. The molecule has 1 aromatic heterocycles. The molecular weight excluding hydrogens is 134 g/mol. The maximum absolute atomic E-state index is 3.92. The molecule has 1 nitrogen and oxygen atoms in total. The van der Waals surface area contributed by atoms with Gasteiger partial charge in [0.1, 0.15) is 0 Å². The van der Waals surface area contributed by atoms with Crippen molar-refractivity contribution in [3.63, 3.8) is 0 Å². The van der Waals surface area contributed by atoms with Gasteiger partial charge in [0.15, 0.2) is 0 Å². The van der Waals surface area contributed by atoms with Gasteiger partial charge in [0.05, 0.1) is 0 Å². The summed E-state index contributed by atoms with van der Waals surface area (Å²) in [7, 11) is 0. The Labute approximate surface area is 67.1 Å². The molecule has 0 saturated heterocycles. The summed E-state index contributed by atoms with van der Waals surface area (Å²) in [6, 6.07) is 3.90. The van der Waals surface area contributed by atoms with E-state index in [0.717, 1.165) is 17.6 Å². The van der Waals surface area contributed by atoms with Gasteiger partial charge < -0.3 is 0 Å². The molecule has 0 aliphatic heterocycles. The predicted molar refractivity (Wildman–Crippen MR) is 48.1 cm³/mol. The molecule has 56 valence electrons. The molecule has 0 aliphatic carbocycles. The first-order chi connectivity index (χ1) is 5.34. The van der Waals surface area contributed by atoms with E-state index >= 15 is 0 Å². The van der Waals surface area contributed by atoms with Crippen molar-refractivity contribution >= 4 is 5.57 Å². The van der Waals surface area contributed by atoms with Gasteiger partial charge in [-0.15, -0.1) is 6.58 Å². The van der Waals surface area contributed by atoms with Gasteiger partial charge in [-0.05, 0) is 29.7 Å². The lowest BCUT2D eigenvalue weighted by Crippen LogP contribution is -1.80. The van der Waals surface area contributed by atoms with Gasteiger partial charge in [0, 0.05) is 12.4 Å². The van der Waals surface area contributed by atoms with Crippen LogP contribution in [0.2, 0.25) is 0 Å². The van der Waals surface area contributed by atoms with E-state index in [-0.39, 0.29) is 0 Å². The van der Waals surface area contributed by atoms with Crippen molar-refractivity contribution in [2.45, 2.75) is 6.42 Å². The van der Waals surface area contributed by atoms with Gasteiger partial charge in [-0.1, -0.05) is 12.7 Å².